The average molecular weight is 584 g/mol. The third-order valence-corrected chi connectivity index (χ3v) is 8.15. The van der Waals surface area contributed by atoms with Crippen molar-refractivity contribution in [2.24, 2.45) is 0 Å². The lowest BCUT2D eigenvalue weighted by Gasteiger charge is -2.26. The highest BCUT2D eigenvalue weighted by atomic mass is 31.2. The Morgan fingerprint density at radius 3 is 2.20 bits per heavy atom. The summed E-state index contributed by atoms with van der Waals surface area (Å²) in [5.41, 5.74) is 6.87. The lowest BCUT2D eigenvalue weighted by atomic mass is 10.3. The summed E-state index contributed by atoms with van der Waals surface area (Å²) in [4.78, 5) is 37.6. The van der Waals surface area contributed by atoms with Crippen LogP contribution in [-0.2, 0) is 34.9 Å². The highest BCUT2D eigenvalue weighted by molar-refractivity contribution is 7.59. The molecule has 0 aromatic carbocycles. The lowest BCUT2D eigenvalue weighted by molar-refractivity contribution is -0.145. The van der Waals surface area contributed by atoms with Gasteiger partial charge in [0.2, 0.25) is 19.3 Å². The van der Waals surface area contributed by atoms with E-state index in [0.29, 0.717) is 23.6 Å². The number of ether oxygens (including phenoxy) is 4. The predicted octanol–water partition coefficient (Wildman–Crippen LogP) is 2.76. The zero-order chi connectivity index (χ0) is 29.1. The van der Waals surface area contributed by atoms with Crippen LogP contribution in [0.5, 0.6) is 5.88 Å². The van der Waals surface area contributed by atoms with Crippen molar-refractivity contribution in [2.75, 3.05) is 31.9 Å². The van der Waals surface area contributed by atoms with Gasteiger partial charge < -0.3 is 29.2 Å². The minimum absolute atomic E-state index is 0.0725. The number of unbranched alkanes of at least 4 members (excludes halogenated alkanes) is 2. The van der Waals surface area contributed by atoms with Crippen LogP contribution in [-0.4, -0.2) is 75.8 Å². The molecule has 2 aromatic heterocycles. The molecular formula is C25H42N7O7P. The van der Waals surface area contributed by atoms with Crippen LogP contribution in [0.25, 0.3) is 11.2 Å². The summed E-state index contributed by atoms with van der Waals surface area (Å²) < 4.78 is 37.6. The van der Waals surface area contributed by atoms with Gasteiger partial charge in [-0.1, -0.05) is 26.7 Å². The Hall–Kier alpha value is -2.80. The number of carbonyl (C=O) groups excluding carboxylic acids is 2. The number of esters is 2. The van der Waals surface area contributed by atoms with E-state index in [-0.39, 0.29) is 38.2 Å². The lowest BCUT2D eigenvalue weighted by Crippen LogP contribution is -2.43. The van der Waals surface area contributed by atoms with E-state index in [1.807, 2.05) is 13.8 Å². The molecule has 14 nitrogen and oxygen atoms in total. The van der Waals surface area contributed by atoms with Crippen LogP contribution >= 0.6 is 7.44 Å². The van der Waals surface area contributed by atoms with Crippen LogP contribution in [0.15, 0.2) is 6.33 Å². The molecule has 224 valence electrons. The molecule has 2 aromatic rings. The number of nitrogens with one attached hydrogen (secondary N) is 2. The normalized spacial score (nSPS) is 15.1. The number of carbonyl (C=O) groups is 2. The van der Waals surface area contributed by atoms with Crippen molar-refractivity contribution in [3.63, 3.8) is 0 Å². The number of rotatable bonds is 19. The molecule has 0 aliphatic heterocycles. The highest BCUT2D eigenvalue weighted by Gasteiger charge is 2.32. The third-order valence-electron chi connectivity index (χ3n) is 6.00. The Kier molecular flexibility index (Phi) is 12.1. The number of imidazole rings is 1. The van der Waals surface area contributed by atoms with Gasteiger partial charge in [-0.25, -0.2) is 15.2 Å². The summed E-state index contributed by atoms with van der Waals surface area (Å²) in [6.45, 7) is 8.08. The molecule has 2 heterocycles. The van der Waals surface area contributed by atoms with E-state index in [9.17, 15) is 14.2 Å². The third kappa shape index (κ3) is 9.69. The van der Waals surface area contributed by atoms with Crippen LogP contribution in [0.3, 0.4) is 0 Å². The molecule has 3 rings (SSSR count). The number of nitrogens with two attached hydrogens (primary N) is 1. The van der Waals surface area contributed by atoms with Gasteiger partial charge in [-0.3, -0.25) is 14.2 Å². The molecule has 0 unspecified atom stereocenters. The van der Waals surface area contributed by atoms with Gasteiger partial charge in [0, 0.05) is 6.54 Å². The summed E-state index contributed by atoms with van der Waals surface area (Å²) in [5, 5.41) is 5.60. The van der Waals surface area contributed by atoms with Crippen LogP contribution in [0.1, 0.15) is 66.2 Å². The Morgan fingerprint density at radius 2 is 1.65 bits per heavy atom. The molecule has 1 fully saturated rings. The van der Waals surface area contributed by atoms with E-state index in [1.54, 1.807) is 24.7 Å². The van der Waals surface area contributed by atoms with Gasteiger partial charge in [-0.15, -0.1) is 0 Å². The molecule has 0 amide bonds. The number of aromatic nitrogens is 4. The number of hydrogen-bond donors (Lipinski definition) is 3. The molecule has 1 aliphatic carbocycles. The maximum absolute atomic E-state index is 13.8. The Bertz CT molecular complexity index is 1140. The van der Waals surface area contributed by atoms with Crippen LogP contribution < -0.4 is 20.6 Å². The average Bonchev–Trinajstić information content (AvgIpc) is 3.63. The molecule has 1 saturated carbocycles. The van der Waals surface area contributed by atoms with Gasteiger partial charge in [0.15, 0.2) is 11.2 Å². The van der Waals surface area contributed by atoms with Crippen molar-refractivity contribution in [2.45, 2.75) is 91.0 Å². The van der Waals surface area contributed by atoms with E-state index < -0.39 is 31.5 Å². The second kappa shape index (κ2) is 15.3. The van der Waals surface area contributed by atoms with Crippen molar-refractivity contribution >= 4 is 36.5 Å². The quantitative estimate of drug-likeness (QED) is 0.125. The standard InChI is InChI=1S/C25H42N7O7P/c1-5-7-12-37-23(33)17(3)30-40(35,31-18(4)24(34)38-13-8-6-2)16-36-14-11-32-15-27-20-21(32)28-25(26)29-22(20)39-19-9-10-19/h15,17-19H,5-14,16H2,1-4H3,(H2,26,28,29)(H2,30,31,35)/t17-,18-/m0/s1. The Morgan fingerprint density at radius 1 is 1.05 bits per heavy atom. The topological polar surface area (TPSA) is 182 Å². The predicted molar refractivity (Wildman–Crippen MR) is 149 cm³/mol. The maximum atomic E-state index is 13.8. The summed E-state index contributed by atoms with van der Waals surface area (Å²) >= 11 is 0. The first-order valence-electron chi connectivity index (χ1n) is 13.9. The van der Waals surface area contributed by atoms with Crippen molar-refractivity contribution in [1.82, 2.24) is 29.7 Å². The van der Waals surface area contributed by atoms with Gasteiger partial charge in [0.25, 0.3) is 0 Å². The minimum Gasteiger partial charge on any atom is -0.473 e. The molecule has 4 N–H and O–H groups in total. The van der Waals surface area contributed by atoms with E-state index in [0.717, 1.165) is 38.5 Å². The van der Waals surface area contributed by atoms with Gasteiger partial charge >= 0.3 is 11.9 Å². The fourth-order valence-corrected chi connectivity index (χ4v) is 5.68. The molecule has 2 atom stereocenters. The first-order valence-corrected chi connectivity index (χ1v) is 15.8. The number of anilines is 1. The second-order valence-electron chi connectivity index (χ2n) is 9.84. The summed E-state index contributed by atoms with van der Waals surface area (Å²) in [5.74, 6) is -0.661. The summed E-state index contributed by atoms with van der Waals surface area (Å²) in [6, 6.07) is -1.80. The van der Waals surface area contributed by atoms with Crippen molar-refractivity contribution in [1.29, 1.82) is 0 Å². The molecule has 0 bridgehead atoms. The molecule has 0 spiro atoms. The zero-order valence-corrected chi connectivity index (χ0v) is 24.7. The van der Waals surface area contributed by atoms with Crippen molar-refractivity contribution in [3.8, 4) is 5.88 Å². The maximum Gasteiger partial charge on any atom is 0.323 e. The van der Waals surface area contributed by atoms with E-state index in [2.05, 4.69) is 25.1 Å². The summed E-state index contributed by atoms with van der Waals surface area (Å²) in [7, 11) is -3.61. The summed E-state index contributed by atoms with van der Waals surface area (Å²) in [6.07, 6.45) is 6.54. The number of nitrogens with zero attached hydrogens (tertiary/aromatic N) is 4. The molecule has 0 radical (unpaired) electrons. The van der Waals surface area contributed by atoms with Crippen LogP contribution in [0.2, 0.25) is 0 Å². The monoisotopic (exact) mass is 583 g/mol. The molecular weight excluding hydrogens is 541 g/mol. The second-order valence-corrected chi connectivity index (χ2v) is 12.1. The first-order chi connectivity index (χ1) is 19.2. The Balaban J connectivity index is 1.62. The number of nitrogen functional groups attached to an aromatic ring is 1. The van der Waals surface area contributed by atoms with E-state index in [4.69, 9.17) is 24.7 Å². The highest BCUT2D eigenvalue weighted by Crippen LogP contribution is 2.38. The SMILES string of the molecule is CCCCOC(=O)[C@H](C)NP(=O)(COCCn1cnc2c(OC3CC3)nc(N)nc21)N[C@@H](C)C(=O)OCCCC. The molecule has 1 aliphatic rings. The van der Waals surface area contributed by atoms with E-state index >= 15 is 0 Å². The largest absolute Gasteiger partial charge is 0.473 e. The number of hydrogen-bond acceptors (Lipinski definition) is 11. The van der Waals surface area contributed by atoms with Crippen molar-refractivity contribution in [3.05, 3.63) is 6.33 Å². The van der Waals surface area contributed by atoms with Crippen LogP contribution in [0.4, 0.5) is 5.95 Å². The fraction of sp³-hybridized carbons (Fsp3) is 0.720. The molecule has 40 heavy (non-hydrogen) atoms. The van der Waals surface area contributed by atoms with Crippen molar-refractivity contribution < 1.29 is 33.1 Å². The van der Waals surface area contributed by atoms with Gasteiger partial charge in [-0.2, -0.15) is 9.97 Å². The Labute approximate surface area is 234 Å². The van der Waals surface area contributed by atoms with Gasteiger partial charge in [0.1, 0.15) is 24.5 Å². The molecule has 15 heteroatoms. The van der Waals surface area contributed by atoms with E-state index in [1.165, 1.54) is 0 Å². The van der Waals surface area contributed by atoms with Crippen LogP contribution in [0, 0.1) is 0 Å². The fourth-order valence-electron chi connectivity index (χ4n) is 3.61. The zero-order valence-electron chi connectivity index (χ0n) is 23.8. The smallest absolute Gasteiger partial charge is 0.323 e. The first kappa shape index (κ1) is 31.7. The molecule has 0 saturated heterocycles. The number of fused-ring (bicyclic) bond motifs is 1. The van der Waals surface area contributed by atoms with Gasteiger partial charge in [-0.05, 0) is 39.5 Å². The minimum atomic E-state index is -3.61. The van der Waals surface area contributed by atoms with Gasteiger partial charge in [0.05, 0.1) is 26.1 Å².